The lowest BCUT2D eigenvalue weighted by Gasteiger charge is -2.32. The summed E-state index contributed by atoms with van der Waals surface area (Å²) in [4.78, 5) is 31.6. The average Bonchev–Trinajstić information content (AvgIpc) is 3.13. The van der Waals surface area contributed by atoms with Crippen molar-refractivity contribution in [1.82, 2.24) is 24.7 Å². The molecule has 0 radical (unpaired) electrons. The molecule has 1 unspecified atom stereocenters. The SMILES string of the molecule is CN1CCC(NC(=O)N2CCC(Cn3ccnc3)CC2)C1=O. The number of amides is 3. The standard InChI is InChI=1S/C15H23N5O2/c1-18-6-4-13(14(18)21)17-15(22)20-7-2-12(3-8-20)10-19-9-5-16-11-19/h5,9,11-13H,2-4,6-8,10H2,1H3,(H,17,22). The lowest BCUT2D eigenvalue weighted by Crippen LogP contribution is -2.50. The summed E-state index contributed by atoms with van der Waals surface area (Å²) in [5, 5.41) is 2.87. The van der Waals surface area contributed by atoms with Crippen LogP contribution in [0.15, 0.2) is 18.7 Å². The molecule has 3 rings (SSSR count). The zero-order valence-corrected chi connectivity index (χ0v) is 12.9. The van der Waals surface area contributed by atoms with E-state index in [9.17, 15) is 9.59 Å². The first-order valence-electron chi connectivity index (χ1n) is 7.89. The van der Waals surface area contributed by atoms with Crippen LogP contribution in [0.2, 0.25) is 0 Å². The minimum Gasteiger partial charge on any atom is -0.344 e. The van der Waals surface area contributed by atoms with Gasteiger partial charge in [-0.25, -0.2) is 9.78 Å². The van der Waals surface area contributed by atoms with E-state index in [2.05, 4.69) is 14.9 Å². The van der Waals surface area contributed by atoms with Gasteiger partial charge in [-0.2, -0.15) is 0 Å². The Morgan fingerprint density at radius 2 is 2.09 bits per heavy atom. The lowest BCUT2D eigenvalue weighted by atomic mass is 9.97. The maximum absolute atomic E-state index is 12.3. The number of carbonyl (C=O) groups is 2. The molecule has 7 heteroatoms. The highest BCUT2D eigenvalue weighted by atomic mass is 16.2. The van der Waals surface area contributed by atoms with Gasteiger partial charge in [-0.3, -0.25) is 4.79 Å². The van der Waals surface area contributed by atoms with E-state index < -0.39 is 0 Å². The Morgan fingerprint density at radius 3 is 2.68 bits per heavy atom. The van der Waals surface area contributed by atoms with Crippen molar-refractivity contribution in [2.45, 2.75) is 31.8 Å². The number of nitrogens with zero attached hydrogens (tertiary/aromatic N) is 4. The van der Waals surface area contributed by atoms with Gasteiger partial charge in [-0.1, -0.05) is 0 Å². The van der Waals surface area contributed by atoms with Crippen LogP contribution in [-0.4, -0.2) is 64.0 Å². The van der Waals surface area contributed by atoms with Gasteiger partial charge in [-0.05, 0) is 25.2 Å². The Balaban J connectivity index is 1.45. The fourth-order valence-electron chi connectivity index (χ4n) is 3.21. The Hall–Kier alpha value is -2.05. The molecule has 3 heterocycles. The van der Waals surface area contributed by atoms with E-state index >= 15 is 0 Å². The Kier molecular flexibility index (Phi) is 4.31. The molecule has 22 heavy (non-hydrogen) atoms. The number of hydrogen-bond acceptors (Lipinski definition) is 3. The van der Waals surface area contributed by atoms with Gasteiger partial charge >= 0.3 is 6.03 Å². The van der Waals surface area contributed by atoms with Gasteiger partial charge in [0.05, 0.1) is 6.33 Å². The number of rotatable bonds is 3. The molecule has 2 aliphatic heterocycles. The van der Waals surface area contributed by atoms with Gasteiger partial charge in [0.2, 0.25) is 5.91 Å². The maximum atomic E-state index is 12.3. The van der Waals surface area contributed by atoms with Crippen molar-refractivity contribution in [2.75, 3.05) is 26.7 Å². The summed E-state index contributed by atoms with van der Waals surface area (Å²) in [5.41, 5.74) is 0. The van der Waals surface area contributed by atoms with Gasteiger partial charge in [0.25, 0.3) is 0 Å². The molecule has 0 saturated carbocycles. The first-order chi connectivity index (χ1) is 10.6. The van der Waals surface area contributed by atoms with Gasteiger partial charge in [0, 0.05) is 45.6 Å². The van der Waals surface area contributed by atoms with E-state index in [0.29, 0.717) is 12.3 Å². The molecule has 0 spiro atoms. The Labute approximate surface area is 130 Å². The Bertz CT molecular complexity index is 522. The van der Waals surface area contributed by atoms with Crippen LogP contribution in [0.3, 0.4) is 0 Å². The topological polar surface area (TPSA) is 70.5 Å². The van der Waals surface area contributed by atoms with Gasteiger partial charge in [0.1, 0.15) is 6.04 Å². The van der Waals surface area contributed by atoms with Crippen molar-refractivity contribution in [3.63, 3.8) is 0 Å². The summed E-state index contributed by atoms with van der Waals surface area (Å²) in [6, 6.07) is -0.448. The van der Waals surface area contributed by atoms with Crippen LogP contribution in [0.4, 0.5) is 4.79 Å². The zero-order chi connectivity index (χ0) is 15.5. The second kappa shape index (κ2) is 6.37. The number of imidazole rings is 1. The molecule has 0 aliphatic carbocycles. The van der Waals surface area contributed by atoms with E-state index in [1.54, 1.807) is 18.1 Å². The summed E-state index contributed by atoms with van der Waals surface area (Å²) in [7, 11) is 1.77. The summed E-state index contributed by atoms with van der Waals surface area (Å²) in [5.74, 6) is 0.598. The molecule has 1 N–H and O–H groups in total. The van der Waals surface area contributed by atoms with Crippen molar-refractivity contribution in [2.24, 2.45) is 5.92 Å². The zero-order valence-electron chi connectivity index (χ0n) is 12.9. The predicted molar refractivity (Wildman–Crippen MR) is 81.1 cm³/mol. The summed E-state index contributed by atoms with van der Waals surface area (Å²) >= 11 is 0. The van der Waals surface area contributed by atoms with Gasteiger partial charge in [-0.15, -0.1) is 0 Å². The molecule has 1 atom stereocenters. The number of nitrogens with one attached hydrogen (secondary N) is 1. The summed E-state index contributed by atoms with van der Waals surface area (Å²) in [6.07, 6.45) is 8.28. The predicted octanol–water partition coefficient (Wildman–Crippen LogP) is 0.535. The molecule has 2 aliphatic rings. The van der Waals surface area contributed by atoms with Crippen LogP contribution >= 0.6 is 0 Å². The average molecular weight is 305 g/mol. The second-order valence-electron chi connectivity index (χ2n) is 6.24. The van der Waals surface area contributed by atoms with E-state index in [0.717, 1.165) is 39.0 Å². The fourth-order valence-corrected chi connectivity index (χ4v) is 3.21. The first-order valence-corrected chi connectivity index (χ1v) is 7.89. The fraction of sp³-hybridized carbons (Fsp3) is 0.667. The van der Waals surface area contributed by atoms with E-state index in [4.69, 9.17) is 0 Å². The number of likely N-dealkylation sites (tertiary alicyclic amines) is 2. The highest BCUT2D eigenvalue weighted by Gasteiger charge is 2.32. The molecule has 120 valence electrons. The van der Waals surface area contributed by atoms with Crippen LogP contribution in [0, 0.1) is 5.92 Å². The number of aromatic nitrogens is 2. The van der Waals surface area contributed by atoms with Crippen molar-refractivity contribution in [1.29, 1.82) is 0 Å². The van der Waals surface area contributed by atoms with E-state index in [1.807, 2.05) is 17.4 Å². The minimum absolute atomic E-state index is 0.0170. The molecule has 1 aromatic rings. The molecule has 7 nitrogen and oxygen atoms in total. The third-order valence-corrected chi connectivity index (χ3v) is 4.66. The van der Waals surface area contributed by atoms with Crippen molar-refractivity contribution in [3.05, 3.63) is 18.7 Å². The number of urea groups is 1. The number of likely N-dealkylation sites (N-methyl/N-ethyl adjacent to an activating group) is 1. The van der Waals surface area contributed by atoms with E-state index in [1.165, 1.54) is 0 Å². The largest absolute Gasteiger partial charge is 0.344 e. The molecular formula is C15H23N5O2. The monoisotopic (exact) mass is 305 g/mol. The summed E-state index contributed by atoms with van der Waals surface area (Å²) < 4.78 is 2.09. The van der Waals surface area contributed by atoms with Crippen LogP contribution in [0.1, 0.15) is 19.3 Å². The van der Waals surface area contributed by atoms with Crippen LogP contribution < -0.4 is 5.32 Å². The highest BCUT2D eigenvalue weighted by molar-refractivity contribution is 5.88. The quantitative estimate of drug-likeness (QED) is 0.886. The number of carbonyl (C=O) groups excluding carboxylic acids is 2. The van der Waals surface area contributed by atoms with Crippen molar-refractivity contribution < 1.29 is 9.59 Å². The molecule has 3 amide bonds. The molecule has 0 bridgehead atoms. The van der Waals surface area contributed by atoms with E-state index in [-0.39, 0.29) is 18.0 Å². The third-order valence-electron chi connectivity index (χ3n) is 4.66. The van der Waals surface area contributed by atoms with Crippen LogP contribution in [0.25, 0.3) is 0 Å². The molecular weight excluding hydrogens is 282 g/mol. The van der Waals surface area contributed by atoms with Crippen LogP contribution in [-0.2, 0) is 11.3 Å². The molecule has 2 saturated heterocycles. The lowest BCUT2D eigenvalue weighted by molar-refractivity contribution is -0.128. The van der Waals surface area contributed by atoms with Gasteiger partial charge < -0.3 is 19.7 Å². The third kappa shape index (κ3) is 3.23. The summed E-state index contributed by atoms with van der Waals surface area (Å²) in [6.45, 7) is 3.18. The second-order valence-corrected chi connectivity index (χ2v) is 6.24. The van der Waals surface area contributed by atoms with Crippen LogP contribution in [0.5, 0.6) is 0 Å². The van der Waals surface area contributed by atoms with Crippen molar-refractivity contribution in [3.8, 4) is 0 Å². The molecule has 1 aromatic heterocycles. The minimum atomic E-state index is -0.346. The number of hydrogen-bond donors (Lipinski definition) is 1. The molecule has 2 fully saturated rings. The smallest absolute Gasteiger partial charge is 0.318 e. The van der Waals surface area contributed by atoms with Gasteiger partial charge in [0.15, 0.2) is 0 Å². The first kappa shape index (κ1) is 14.9. The normalized spacial score (nSPS) is 23.1. The Morgan fingerprint density at radius 1 is 1.32 bits per heavy atom. The highest BCUT2D eigenvalue weighted by Crippen LogP contribution is 2.19. The molecule has 0 aromatic carbocycles. The van der Waals surface area contributed by atoms with Crippen molar-refractivity contribution >= 4 is 11.9 Å². The maximum Gasteiger partial charge on any atom is 0.318 e. The number of piperidine rings is 1.